The Morgan fingerprint density at radius 1 is 0.966 bits per heavy atom. The first-order valence-electron chi connectivity index (χ1n) is 8.87. The van der Waals surface area contributed by atoms with E-state index in [-0.39, 0.29) is 23.5 Å². The molecule has 0 saturated carbocycles. The normalized spacial score (nSPS) is 14.9. The molecule has 29 heavy (non-hydrogen) atoms. The van der Waals surface area contributed by atoms with Gasteiger partial charge in [0.25, 0.3) is 17.7 Å². The van der Waals surface area contributed by atoms with E-state index in [1.165, 1.54) is 6.26 Å². The van der Waals surface area contributed by atoms with Crippen molar-refractivity contribution in [3.05, 3.63) is 72.2 Å². The second-order valence-corrected chi connectivity index (χ2v) is 6.42. The van der Waals surface area contributed by atoms with Crippen molar-refractivity contribution in [2.75, 3.05) is 16.0 Å². The summed E-state index contributed by atoms with van der Waals surface area (Å²) in [5.41, 5.74) is 1.96. The first-order chi connectivity index (χ1) is 14.0. The molecule has 0 bridgehead atoms. The third-order valence-corrected chi connectivity index (χ3v) is 4.32. The van der Waals surface area contributed by atoms with Crippen LogP contribution in [0.5, 0.6) is 5.75 Å². The summed E-state index contributed by atoms with van der Waals surface area (Å²) in [6.07, 6.45) is 0.857. The van der Waals surface area contributed by atoms with Crippen LogP contribution in [0.15, 0.2) is 65.3 Å². The fourth-order valence-electron chi connectivity index (χ4n) is 2.80. The number of amides is 3. The molecule has 2 heterocycles. The van der Waals surface area contributed by atoms with E-state index in [1.54, 1.807) is 61.5 Å². The van der Waals surface area contributed by atoms with Crippen molar-refractivity contribution in [3.63, 3.8) is 0 Å². The van der Waals surface area contributed by atoms with Gasteiger partial charge in [-0.25, -0.2) is 0 Å². The highest BCUT2D eigenvalue weighted by atomic mass is 16.5. The second kappa shape index (κ2) is 7.51. The Labute approximate surface area is 165 Å². The van der Waals surface area contributed by atoms with Crippen LogP contribution in [0.2, 0.25) is 0 Å². The topological polar surface area (TPSA) is 110 Å². The van der Waals surface area contributed by atoms with Gasteiger partial charge >= 0.3 is 0 Å². The van der Waals surface area contributed by atoms with Crippen LogP contribution in [0.4, 0.5) is 17.1 Å². The Morgan fingerprint density at radius 3 is 2.41 bits per heavy atom. The Balaban J connectivity index is 1.42. The van der Waals surface area contributed by atoms with E-state index in [1.807, 2.05) is 0 Å². The van der Waals surface area contributed by atoms with Crippen molar-refractivity contribution in [1.29, 1.82) is 0 Å². The number of carbonyl (C=O) groups excluding carboxylic acids is 3. The summed E-state index contributed by atoms with van der Waals surface area (Å²) >= 11 is 0. The molecule has 1 unspecified atom stereocenters. The van der Waals surface area contributed by atoms with Gasteiger partial charge in [-0.2, -0.15) is 0 Å². The summed E-state index contributed by atoms with van der Waals surface area (Å²) in [6, 6.07) is 14.6. The molecule has 0 fully saturated rings. The molecule has 0 radical (unpaired) electrons. The zero-order chi connectivity index (χ0) is 20.4. The van der Waals surface area contributed by atoms with Crippen LogP contribution in [-0.4, -0.2) is 23.8 Å². The molecule has 1 aliphatic heterocycles. The molecule has 3 amide bonds. The zero-order valence-electron chi connectivity index (χ0n) is 15.4. The molecule has 2 aromatic carbocycles. The Morgan fingerprint density at radius 2 is 1.69 bits per heavy atom. The standard InChI is InChI=1S/C21H17N3O5/c1-12-19(25)24-16-11-15(8-9-17(16)29-12)23-20(26)13-4-6-14(7-5-13)22-21(27)18-3-2-10-28-18/h2-12H,1H3,(H,22,27)(H,23,26)(H,24,25). The second-order valence-electron chi connectivity index (χ2n) is 6.42. The quantitative estimate of drug-likeness (QED) is 0.631. The number of carbonyl (C=O) groups is 3. The van der Waals surface area contributed by atoms with Gasteiger partial charge in [0, 0.05) is 16.9 Å². The molecular formula is C21H17N3O5. The van der Waals surface area contributed by atoms with Crippen LogP contribution in [0, 0.1) is 0 Å². The Bertz CT molecular complexity index is 1070. The van der Waals surface area contributed by atoms with Crippen molar-refractivity contribution < 1.29 is 23.5 Å². The van der Waals surface area contributed by atoms with Gasteiger partial charge in [-0.15, -0.1) is 0 Å². The molecule has 0 spiro atoms. The van der Waals surface area contributed by atoms with E-state index in [9.17, 15) is 14.4 Å². The number of anilines is 3. The first kappa shape index (κ1) is 18.3. The maximum Gasteiger partial charge on any atom is 0.291 e. The summed E-state index contributed by atoms with van der Waals surface area (Å²) in [5, 5.41) is 8.19. The number of hydrogen-bond acceptors (Lipinski definition) is 5. The van der Waals surface area contributed by atoms with E-state index in [0.717, 1.165) is 0 Å². The lowest BCUT2D eigenvalue weighted by Crippen LogP contribution is -2.34. The van der Waals surface area contributed by atoms with Gasteiger partial charge in [0.15, 0.2) is 11.9 Å². The molecule has 1 aliphatic rings. The van der Waals surface area contributed by atoms with E-state index in [0.29, 0.717) is 28.4 Å². The molecule has 1 atom stereocenters. The van der Waals surface area contributed by atoms with E-state index < -0.39 is 6.10 Å². The van der Waals surface area contributed by atoms with Crippen molar-refractivity contribution >= 4 is 34.8 Å². The van der Waals surface area contributed by atoms with Gasteiger partial charge in [-0.1, -0.05) is 0 Å². The predicted molar refractivity (Wildman–Crippen MR) is 106 cm³/mol. The van der Waals surface area contributed by atoms with Crippen molar-refractivity contribution in [3.8, 4) is 5.75 Å². The lowest BCUT2D eigenvalue weighted by atomic mass is 10.1. The van der Waals surface area contributed by atoms with Crippen molar-refractivity contribution in [2.45, 2.75) is 13.0 Å². The maximum absolute atomic E-state index is 12.5. The number of benzene rings is 2. The number of ether oxygens (including phenoxy) is 1. The molecule has 4 rings (SSSR count). The predicted octanol–water partition coefficient (Wildman–Crippen LogP) is 3.50. The van der Waals surface area contributed by atoms with Crippen LogP contribution in [0.25, 0.3) is 0 Å². The minimum atomic E-state index is -0.560. The third kappa shape index (κ3) is 3.96. The van der Waals surface area contributed by atoms with Gasteiger partial charge < -0.3 is 25.1 Å². The van der Waals surface area contributed by atoms with E-state index in [4.69, 9.17) is 9.15 Å². The molecule has 3 aromatic rings. The van der Waals surface area contributed by atoms with Crippen LogP contribution < -0.4 is 20.7 Å². The van der Waals surface area contributed by atoms with Gasteiger partial charge in [0.05, 0.1) is 12.0 Å². The monoisotopic (exact) mass is 391 g/mol. The minimum absolute atomic E-state index is 0.199. The molecule has 8 heteroatoms. The SMILES string of the molecule is CC1Oc2ccc(NC(=O)c3ccc(NC(=O)c4ccco4)cc3)cc2NC1=O. The van der Waals surface area contributed by atoms with Gasteiger partial charge in [0.1, 0.15) is 5.75 Å². The fourth-order valence-corrected chi connectivity index (χ4v) is 2.80. The van der Waals surface area contributed by atoms with Crippen LogP contribution in [0.1, 0.15) is 27.8 Å². The lowest BCUT2D eigenvalue weighted by molar-refractivity contribution is -0.122. The first-order valence-corrected chi connectivity index (χ1v) is 8.87. The minimum Gasteiger partial charge on any atom is -0.479 e. The molecule has 0 aliphatic carbocycles. The number of nitrogens with one attached hydrogen (secondary N) is 3. The molecule has 0 saturated heterocycles. The average molecular weight is 391 g/mol. The van der Waals surface area contributed by atoms with Gasteiger partial charge in [0.2, 0.25) is 0 Å². The summed E-state index contributed by atoms with van der Waals surface area (Å²) in [7, 11) is 0. The molecule has 146 valence electrons. The largest absolute Gasteiger partial charge is 0.479 e. The number of rotatable bonds is 4. The highest BCUT2D eigenvalue weighted by Gasteiger charge is 2.23. The molecule has 8 nitrogen and oxygen atoms in total. The van der Waals surface area contributed by atoms with Crippen LogP contribution in [-0.2, 0) is 4.79 Å². The summed E-state index contributed by atoms with van der Waals surface area (Å²) in [4.78, 5) is 36.2. The van der Waals surface area contributed by atoms with Crippen molar-refractivity contribution in [1.82, 2.24) is 0 Å². The number of hydrogen-bond donors (Lipinski definition) is 3. The highest BCUT2D eigenvalue weighted by Crippen LogP contribution is 2.32. The Kier molecular flexibility index (Phi) is 4.74. The van der Waals surface area contributed by atoms with Gasteiger partial charge in [-0.3, -0.25) is 14.4 Å². The average Bonchev–Trinajstić information content (AvgIpc) is 3.25. The van der Waals surface area contributed by atoms with E-state index in [2.05, 4.69) is 16.0 Å². The number of fused-ring (bicyclic) bond motifs is 1. The third-order valence-electron chi connectivity index (χ3n) is 4.32. The number of furan rings is 1. The molecule has 1 aromatic heterocycles. The summed E-state index contributed by atoms with van der Waals surface area (Å²) in [5.74, 6) is -0.199. The smallest absolute Gasteiger partial charge is 0.291 e. The van der Waals surface area contributed by atoms with Crippen molar-refractivity contribution in [2.24, 2.45) is 0 Å². The van der Waals surface area contributed by atoms with E-state index >= 15 is 0 Å². The summed E-state index contributed by atoms with van der Waals surface area (Å²) < 4.78 is 10.5. The summed E-state index contributed by atoms with van der Waals surface area (Å²) in [6.45, 7) is 1.66. The zero-order valence-corrected chi connectivity index (χ0v) is 15.4. The van der Waals surface area contributed by atoms with Gasteiger partial charge in [-0.05, 0) is 61.5 Å². The maximum atomic E-state index is 12.5. The molecule has 3 N–H and O–H groups in total. The fraction of sp³-hybridized carbons (Fsp3) is 0.0952. The van der Waals surface area contributed by atoms with Crippen LogP contribution >= 0.6 is 0 Å². The Hall–Kier alpha value is -4.07. The van der Waals surface area contributed by atoms with Crippen LogP contribution in [0.3, 0.4) is 0 Å². The molecular weight excluding hydrogens is 374 g/mol. The highest BCUT2D eigenvalue weighted by molar-refractivity contribution is 6.06. The lowest BCUT2D eigenvalue weighted by Gasteiger charge is -2.23.